The Balaban J connectivity index is 1.71. The molecule has 2 aliphatic carbocycles. The van der Waals surface area contributed by atoms with Gasteiger partial charge in [0.1, 0.15) is 10.6 Å². The Bertz CT molecular complexity index is 610. The first-order valence-electron chi connectivity index (χ1n) is 7.44. The SMILES string of the molecule is COc1ccc(S(=O)(=O)NCC(C2CC2)C2CC2)c(N)c1. The maximum atomic E-state index is 12.4. The number of hydrogen-bond acceptors (Lipinski definition) is 4. The number of anilines is 1. The second-order valence-electron chi connectivity index (χ2n) is 6.09. The molecule has 21 heavy (non-hydrogen) atoms. The van der Waals surface area contributed by atoms with Crippen molar-refractivity contribution >= 4 is 15.7 Å². The van der Waals surface area contributed by atoms with Crippen molar-refractivity contribution in [3.63, 3.8) is 0 Å². The van der Waals surface area contributed by atoms with Crippen LogP contribution in [-0.4, -0.2) is 22.1 Å². The lowest BCUT2D eigenvalue weighted by Gasteiger charge is -2.17. The maximum absolute atomic E-state index is 12.4. The van der Waals surface area contributed by atoms with E-state index < -0.39 is 10.0 Å². The van der Waals surface area contributed by atoms with Gasteiger partial charge in [-0.3, -0.25) is 0 Å². The zero-order chi connectivity index (χ0) is 15.0. The monoisotopic (exact) mass is 310 g/mol. The minimum atomic E-state index is -3.55. The van der Waals surface area contributed by atoms with Crippen LogP contribution in [0.5, 0.6) is 5.75 Å². The molecule has 2 aliphatic rings. The Morgan fingerprint density at radius 3 is 2.38 bits per heavy atom. The van der Waals surface area contributed by atoms with Crippen LogP contribution >= 0.6 is 0 Å². The van der Waals surface area contributed by atoms with Crippen LogP contribution in [0.1, 0.15) is 25.7 Å². The highest BCUT2D eigenvalue weighted by molar-refractivity contribution is 7.89. The van der Waals surface area contributed by atoms with Crippen molar-refractivity contribution in [1.29, 1.82) is 0 Å². The Hall–Kier alpha value is -1.27. The van der Waals surface area contributed by atoms with E-state index in [1.54, 1.807) is 6.07 Å². The Morgan fingerprint density at radius 1 is 1.29 bits per heavy atom. The smallest absolute Gasteiger partial charge is 0.242 e. The number of methoxy groups -OCH3 is 1. The molecule has 0 radical (unpaired) electrons. The van der Waals surface area contributed by atoms with Crippen molar-refractivity contribution in [1.82, 2.24) is 4.72 Å². The molecule has 0 spiro atoms. The molecule has 2 fully saturated rings. The van der Waals surface area contributed by atoms with Crippen molar-refractivity contribution in [3.8, 4) is 5.75 Å². The van der Waals surface area contributed by atoms with Crippen molar-refractivity contribution in [2.24, 2.45) is 17.8 Å². The predicted molar refractivity (Wildman–Crippen MR) is 81.5 cm³/mol. The van der Waals surface area contributed by atoms with Gasteiger partial charge in [0, 0.05) is 12.6 Å². The lowest BCUT2D eigenvalue weighted by Crippen LogP contribution is -2.31. The normalized spacial score (nSPS) is 19.0. The summed E-state index contributed by atoms with van der Waals surface area (Å²) in [5, 5.41) is 0. The molecule has 5 nitrogen and oxygen atoms in total. The van der Waals surface area contributed by atoms with Crippen LogP contribution < -0.4 is 15.2 Å². The minimum Gasteiger partial charge on any atom is -0.497 e. The Kier molecular flexibility index (Phi) is 3.84. The fraction of sp³-hybridized carbons (Fsp3) is 0.600. The third-order valence-electron chi connectivity index (χ3n) is 4.47. The number of benzene rings is 1. The number of ether oxygens (including phenoxy) is 1. The summed E-state index contributed by atoms with van der Waals surface area (Å²) in [6, 6.07) is 4.65. The first-order valence-corrected chi connectivity index (χ1v) is 8.93. The fourth-order valence-corrected chi connectivity index (χ4v) is 4.13. The van der Waals surface area contributed by atoms with E-state index in [2.05, 4.69) is 4.72 Å². The summed E-state index contributed by atoms with van der Waals surface area (Å²) < 4.78 is 32.6. The van der Waals surface area contributed by atoms with Crippen LogP contribution in [0.4, 0.5) is 5.69 Å². The van der Waals surface area contributed by atoms with Gasteiger partial charge < -0.3 is 10.5 Å². The van der Waals surface area contributed by atoms with E-state index >= 15 is 0 Å². The Morgan fingerprint density at radius 2 is 1.90 bits per heavy atom. The Labute approximate surface area is 125 Å². The summed E-state index contributed by atoms with van der Waals surface area (Å²) in [5.41, 5.74) is 6.05. The van der Waals surface area contributed by atoms with E-state index in [0.717, 1.165) is 0 Å². The highest BCUT2D eigenvalue weighted by Gasteiger charge is 2.41. The van der Waals surface area contributed by atoms with Gasteiger partial charge in [-0.25, -0.2) is 13.1 Å². The third-order valence-corrected chi connectivity index (χ3v) is 5.97. The van der Waals surface area contributed by atoms with Gasteiger partial charge in [0.2, 0.25) is 10.0 Å². The summed E-state index contributed by atoms with van der Waals surface area (Å²) in [5.74, 6) is 2.49. The molecule has 0 saturated heterocycles. The standard InChI is InChI=1S/C15H22N2O3S/c1-20-12-6-7-15(14(16)8-12)21(18,19)17-9-13(10-2-3-10)11-4-5-11/h6-8,10-11,13,17H,2-5,9,16H2,1H3. The fourth-order valence-electron chi connectivity index (χ4n) is 2.95. The van der Waals surface area contributed by atoms with Gasteiger partial charge in [0.25, 0.3) is 0 Å². The lowest BCUT2D eigenvalue weighted by atomic mass is 9.99. The molecule has 6 heteroatoms. The molecule has 0 unspecified atom stereocenters. The van der Waals surface area contributed by atoms with Gasteiger partial charge in [-0.2, -0.15) is 0 Å². The van der Waals surface area contributed by atoms with Gasteiger partial charge in [0.05, 0.1) is 12.8 Å². The van der Waals surface area contributed by atoms with Crippen LogP contribution in [0.15, 0.2) is 23.1 Å². The van der Waals surface area contributed by atoms with Crippen LogP contribution in [0.3, 0.4) is 0 Å². The first kappa shape index (κ1) is 14.7. The van der Waals surface area contributed by atoms with E-state index in [1.165, 1.54) is 44.9 Å². The summed E-state index contributed by atoms with van der Waals surface area (Å²) in [7, 11) is -2.03. The predicted octanol–water partition coefficient (Wildman–Crippen LogP) is 1.99. The molecular formula is C15H22N2O3S. The molecule has 3 rings (SSSR count). The van der Waals surface area contributed by atoms with Gasteiger partial charge in [-0.15, -0.1) is 0 Å². The number of rotatable bonds is 7. The molecule has 1 aromatic carbocycles. The van der Waals surface area contributed by atoms with Crippen molar-refractivity contribution < 1.29 is 13.2 Å². The van der Waals surface area contributed by atoms with E-state index in [4.69, 9.17) is 10.5 Å². The second-order valence-corrected chi connectivity index (χ2v) is 7.83. The number of sulfonamides is 1. The van der Waals surface area contributed by atoms with E-state index in [9.17, 15) is 8.42 Å². The van der Waals surface area contributed by atoms with E-state index in [-0.39, 0.29) is 10.6 Å². The quantitative estimate of drug-likeness (QED) is 0.755. The average Bonchev–Trinajstić information content (AvgIpc) is 3.31. The molecule has 0 aromatic heterocycles. The highest BCUT2D eigenvalue weighted by atomic mass is 32.2. The number of hydrogen-bond donors (Lipinski definition) is 2. The van der Waals surface area contributed by atoms with Crippen LogP contribution in [0, 0.1) is 17.8 Å². The molecule has 0 amide bonds. The van der Waals surface area contributed by atoms with Gasteiger partial charge in [-0.1, -0.05) is 0 Å². The zero-order valence-corrected chi connectivity index (χ0v) is 13.0. The lowest BCUT2D eigenvalue weighted by molar-refractivity contribution is 0.401. The second kappa shape index (κ2) is 5.50. The highest BCUT2D eigenvalue weighted by Crippen LogP contribution is 2.48. The summed E-state index contributed by atoms with van der Waals surface area (Å²) in [4.78, 5) is 0.133. The van der Waals surface area contributed by atoms with Gasteiger partial charge in [-0.05, 0) is 55.6 Å². The van der Waals surface area contributed by atoms with Crippen LogP contribution in [0.2, 0.25) is 0 Å². The number of nitrogens with one attached hydrogen (secondary N) is 1. The largest absolute Gasteiger partial charge is 0.497 e. The van der Waals surface area contributed by atoms with Crippen LogP contribution in [-0.2, 0) is 10.0 Å². The van der Waals surface area contributed by atoms with Gasteiger partial charge >= 0.3 is 0 Å². The number of nitrogen functional groups attached to an aromatic ring is 1. The average molecular weight is 310 g/mol. The van der Waals surface area contributed by atoms with Crippen molar-refractivity contribution in [2.75, 3.05) is 19.4 Å². The van der Waals surface area contributed by atoms with Crippen molar-refractivity contribution in [3.05, 3.63) is 18.2 Å². The zero-order valence-electron chi connectivity index (χ0n) is 12.2. The first-order chi connectivity index (χ1) is 10.0. The topological polar surface area (TPSA) is 81.4 Å². The molecule has 116 valence electrons. The maximum Gasteiger partial charge on any atom is 0.242 e. The van der Waals surface area contributed by atoms with E-state index in [1.807, 2.05) is 0 Å². The van der Waals surface area contributed by atoms with Crippen LogP contribution in [0.25, 0.3) is 0 Å². The summed E-state index contributed by atoms with van der Waals surface area (Å²) in [6.45, 7) is 0.531. The molecule has 3 N–H and O–H groups in total. The molecule has 1 aromatic rings. The molecule has 0 aliphatic heterocycles. The van der Waals surface area contributed by atoms with Crippen molar-refractivity contribution in [2.45, 2.75) is 30.6 Å². The summed E-state index contributed by atoms with van der Waals surface area (Å²) >= 11 is 0. The van der Waals surface area contributed by atoms with E-state index in [0.29, 0.717) is 30.0 Å². The molecule has 2 saturated carbocycles. The summed E-state index contributed by atoms with van der Waals surface area (Å²) in [6.07, 6.45) is 4.97. The molecule has 0 atom stereocenters. The van der Waals surface area contributed by atoms with Gasteiger partial charge in [0.15, 0.2) is 0 Å². The third kappa shape index (κ3) is 3.32. The molecule has 0 bridgehead atoms. The molecule has 0 heterocycles. The number of nitrogens with two attached hydrogens (primary N) is 1. The molecular weight excluding hydrogens is 288 g/mol. The minimum absolute atomic E-state index is 0.133.